The number of anilines is 1. The zero-order valence-corrected chi connectivity index (χ0v) is 11.5. The van der Waals surface area contributed by atoms with Crippen LogP contribution in [0, 0.1) is 0 Å². The van der Waals surface area contributed by atoms with Crippen LogP contribution < -0.4 is 16.4 Å². The number of nitrogen functional groups attached to an aromatic ring is 1. The van der Waals surface area contributed by atoms with Gasteiger partial charge in [-0.25, -0.2) is 4.63 Å². The summed E-state index contributed by atoms with van der Waals surface area (Å²) in [6, 6.07) is 10.0. The van der Waals surface area contributed by atoms with Crippen LogP contribution in [-0.4, -0.2) is 29.3 Å². The topological polar surface area (TPSA) is 106 Å². The maximum Gasteiger partial charge on any atom is 0.277 e. The second-order valence-corrected chi connectivity index (χ2v) is 3.92. The molecule has 0 aliphatic rings. The number of benzene rings is 1. The zero-order chi connectivity index (χ0) is 13.5. The van der Waals surface area contributed by atoms with E-state index in [1.807, 2.05) is 30.3 Å². The van der Waals surface area contributed by atoms with Crippen LogP contribution in [0.15, 0.2) is 35.0 Å². The molecule has 2 rings (SSSR count). The highest BCUT2D eigenvalue weighted by Gasteiger charge is 2.14. The maximum atomic E-state index is 11.6. The van der Waals surface area contributed by atoms with Crippen molar-refractivity contribution in [2.75, 3.05) is 18.8 Å². The Kier molecular flexibility index (Phi) is 6.48. The third-order valence-corrected chi connectivity index (χ3v) is 2.49. The number of hydrogen-bond acceptors (Lipinski definition) is 6. The van der Waals surface area contributed by atoms with Crippen LogP contribution in [0.4, 0.5) is 5.82 Å². The van der Waals surface area contributed by atoms with Crippen molar-refractivity contribution < 1.29 is 9.42 Å². The van der Waals surface area contributed by atoms with Crippen LogP contribution in [0.5, 0.6) is 0 Å². The molecular weight excluding hydrogens is 282 g/mol. The zero-order valence-electron chi connectivity index (χ0n) is 10.7. The lowest BCUT2D eigenvalue weighted by Crippen LogP contribution is -2.32. The minimum atomic E-state index is -0.389. The van der Waals surface area contributed by atoms with Crippen molar-refractivity contribution in [3.05, 3.63) is 41.6 Å². The first kappa shape index (κ1) is 15.9. The smallest absolute Gasteiger partial charge is 0.277 e. The first-order valence-electron chi connectivity index (χ1n) is 5.88. The molecule has 0 saturated heterocycles. The summed E-state index contributed by atoms with van der Waals surface area (Å²) < 4.78 is 4.35. The van der Waals surface area contributed by atoms with Gasteiger partial charge < -0.3 is 16.4 Å². The monoisotopic (exact) mass is 297 g/mol. The van der Waals surface area contributed by atoms with E-state index in [4.69, 9.17) is 5.73 Å². The van der Waals surface area contributed by atoms with E-state index in [2.05, 4.69) is 25.6 Å². The third-order valence-electron chi connectivity index (χ3n) is 2.49. The molecule has 20 heavy (non-hydrogen) atoms. The predicted octanol–water partition coefficient (Wildman–Crippen LogP) is 0.593. The van der Waals surface area contributed by atoms with Gasteiger partial charge in [-0.3, -0.25) is 4.79 Å². The molecule has 2 aromatic rings. The van der Waals surface area contributed by atoms with Crippen LogP contribution in [0.25, 0.3) is 0 Å². The third kappa shape index (κ3) is 4.52. The Bertz CT molecular complexity index is 532. The van der Waals surface area contributed by atoms with E-state index in [1.165, 1.54) is 5.56 Å². The predicted molar refractivity (Wildman–Crippen MR) is 76.4 cm³/mol. The van der Waals surface area contributed by atoms with Gasteiger partial charge in [-0.2, -0.15) is 0 Å². The number of nitrogens with two attached hydrogens (primary N) is 1. The standard InChI is InChI=1S/C12H15N5O2.ClH/c13-11-10(16-19-17-11)12(18)15-7-6-14-8-9-4-2-1-3-5-9;/h1-5,14H,6-8H2,(H2,13,17)(H,15,18);1H. The minimum Gasteiger partial charge on any atom is -0.379 e. The number of rotatable bonds is 6. The molecule has 1 aromatic carbocycles. The summed E-state index contributed by atoms with van der Waals surface area (Å²) in [6.07, 6.45) is 0. The summed E-state index contributed by atoms with van der Waals surface area (Å²) in [5.41, 5.74) is 6.61. The van der Waals surface area contributed by atoms with Gasteiger partial charge in [0, 0.05) is 19.6 Å². The molecule has 7 nitrogen and oxygen atoms in total. The molecule has 0 aliphatic heterocycles. The van der Waals surface area contributed by atoms with E-state index in [1.54, 1.807) is 0 Å². The lowest BCUT2D eigenvalue weighted by atomic mass is 10.2. The Hall–Kier alpha value is -2.12. The summed E-state index contributed by atoms with van der Waals surface area (Å²) in [4.78, 5) is 11.6. The fourth-order valence-corrected chi connectivity index (χ4v) is 1.53. The van der Waals surface area contributed by atoms with Crippen molar-refractivity contribution in [3.63, 3.8) is 0 Å². The number of nitrogens with one attached hydrogen (secondary N) is 2. The van der Waals surface area contributed by atoms with Crippen LogP contribution >= 0.6 is 12.4 Å². The molecule has 0 radical (unpaired) electrons. The number of carbonyl (C=O) groups excluding carboxylic acids is 1. The molecule has 1 heterocycles. The van der Waals surface area contributed by atoms with Gasteiger partial charge in [0.25, 0.3) is 5.91 Å². The highest BCUT2D eigenvalue weighted by atomic mass is 35.5. The highest BCUT2D eigenvalue weighted by molar-refractivity contribution is 5.95. The van der Waals surface area contributed by atoms with Crippen molar-refractivity contribution in [1.29, 1.82) is 0 Å². The molecule has 0 saturated carbocycles. The number of hydrogen-bond donors (Lipinski definition) is 3. The van der Waals surface area contributed by atoms with Crippen molar-refractivity contribution in [3.8, 4) is 0 Å². The van der Waals surface area contributed by atoms with Gasteiger partial charge in [-0.15, -0.1) is 12.4 Å². The number of halogens is 1. The first-order chi connectivity index (χ1) is 9.27. The van der Waals surface area contributed by atoms with E-state index in [-0.39, 0.29) is 29.8 Å². The molecule has 0 unspecified atom stereocenters. The maximum absolute atomic E-state index is 11.6. The van der Waals surface area contributed by atoms with Crippen LogP contribution in [0.1, 0.15) is 16.1 Å². The minimum absolute atomic E-state index is 0. The van der Waals surface area contributed by atoms with E-state index in [0.29, 0.717) is 13.1 Å². The Morgan fingerprint density at radius 2 is 1.95 bits per heavy atom. The Morgan fingerprint density at radius 3 is 2.60 bits per heavy atom. The Labute approximate surface area is 122 Å². The second kappa shape index (κ2) is 8.13. The van der Waals surface area contributed by atoms with Gasteiger partial charge in [0.15, 0.2) is 0 Å². The molecule has 1 amide bonds. The van der Waals surface area contributed by atoms with Crippen LogP contribution in [-0.2, 0) is 6.54 Å². The Morgan fingerprint density at radius 1 is 1.20 bits per heavy atom. The first-order valence-corrected chi connectivity index (χ1v) is 5.88. The van der Waals surface area contributed by atoms with Gasteiger partial charge in [0.05, 0.1) is 0 Å². The van der Waals surface area contributed by atoms with E-state index >= 15 is 0 Å². The molecule has 8 heteroatoms. The van der Waals surface area contributed by atoms with Gasteiger partial charge in [0.1, 0.15) is 0 Å². The lowest BCUT2D eigenvalue weighted by Gasteiger charge is -2.05. The van der Waals surface area contributed by atoms with Gasteiger partial charge in [0.2, 0.25) is 11.5 Å². The Balaban J connectivity index is 0.00000200. The fourth-order valence-electron chi connectivity index (χ4n) is 1.53. The molecule has 0 bridgehead atoms. The molecule has 0 aliphatic carbocycles. The normalized spacial score (nSPS) is 9.80. The van der Waals surface area contributed by atoms with Crippen molar-refractivity contribution in [2.45, 2.75) is 6.54 Å². The SMILES string of the molecule is Cl.Nc1nonc1C(=O)NCCNCc1ccccc1. The molecular formula is C12H16ClN5O2. The van der Waals surface area contributed by atoms with Gasteiger partial charge >= 0.3 is 0 Å². The van der Waals surface area contributed by atoms with Crippen LogP contribution in [0.2, 0.25) is 0 Å². The molecule has 0 atom stereocenters. The van der Waals surface area contributed by atoms with Crippen LogP contribution in [0.3, 0.4) is 0 Å². The van der Waals surface area contributed by atoms with Crippen molar-refractivity contribution >= 4 is 24.1 Å². The van der Waals surface area contributed by atoms with Crippen molar-refractivity contribution in [1.82, 2.24) is 20.9 Å². The molecule has 0 fully saturated rings. The lowest BCUT2D eigenvalue weighted by molar-refractivity contribution is 0.0944. The van der Waals surface area contributed by atoms with Gasteiger partial charge in [-0.05, 0) is 15.9 Å². The summed E-state index contributed by atoms with van der Waals surface area (Å²) in [5.74, 6) is -0.394. The number of nitrogens with zero attached hydrogens (tertiary/aromatic N) is 2. The molecule has 1 aromatic heterocycles. The number of carbonyl (C=O) groups is 1. The van der Waals surface area contributed by atoms with E-state index in [9.17, 15) is 4.79 Å². The summed E-state index contributed by atoms with van der Waals surface area (Å²) in [6.45, 7) is 1.87. The quantitative estimate of drug-likeness (QED) is 0.674. The molecule has 4 N–H and O–H groups in total. The van der Waals surface area contributed by atoms with E-state index < -0.39 is 0 Å². The van der Waals surface area contributed by atoms with E-state index in [0.717, 1.165) is 6.54 Å². The molecule has 108 valence electrons. The summed E-state index contributed by atoms with van der Waals surface area (Å²) in [7, 11) is 0. The highest BCUT2D eigenvalue weighted by Crippen LogP contribution is 2.02. The number of aromatic nitrogens is 2. The van der Waals surface area contributed by atoms with Gasteiger partial charge in [-0.1, -0.05) is 30.3 Å². The second-order valence-electron chi connectivity index (χ2n) is 3.92. The average Bonchev–Trinajstić information content (AvgIpc) is 2.86. The average molecular weight is 298 g/mol. The molecule has 0 spiro atoms. The largest absolute Gasteiger partial charge is 0.379 e. The fraction of sp³-hybridized carbons (Fsp3) is 0.250. The summed E-state index contributed by atoms with van der Waals surface area (Å²) in [5, 5.41) is 12.6. The summed E-state index contributed by atoms with van der Waals surface area (Å²) >= 11 is 0. The van der Waals surface area contributed by atoms with Crippen molar-refractivity contribution in [2.24, 2.45) is 0 Å². The number of amides is 1.